The molecular formula is C13H17IN2. The lowest BCUT2D eigenvalue weighted by molar-refractivity contribution is 1.23. The number of hydrogen-bond acceptors (Lipinski definition) is 1. The van der Waals surface area contributed by atoms with Gasteiger partial charge in [0.1, 0.15) is 0 Å². The number of aromatic nitrogens is 1. The molecule has 0 fully saturated rings. The van der Waals surface area contributed by atoms with Crippen molar-refractivity contribution in [1.82, 2.24) is 4.98 Å². The first-order valence-electron chi connectivity index (χ1n) is 5.18. The highest BCUT2D eigenvalue weighted by Gasteiger charge is 2.08. The first kappa shape index (κ1) is 13.2. The molecule has 86 valence electrons. The van der Waals surface area contributed by atoms with E-state index in [4.69, 9.17) is 0 Å². The lowest BCUT2D eigenvalue weighted by Crippen LogP contribution is -1.81. The summed E-state index contributed by atoms with van der Waals surface area (Å²) < 4.78 is 0. The SMILES string of the molecule is CC1=CC(C)=N/C1=C\c1[nH]c(C)cc1C.I. The number of nitrogens with one attached hydrogen (secondary N) is 1. The molecule has 0 bridgehead atoms. The number of H-pyrrole nitrogens is 1. The van der Waals surface area contributed by atoms with Gasteiger partial charge in [-0.2, -0.15) is 0 Å². The van der Waals surface area contributed by atoms with E-state index in [1.165, 1.54) is 16.8 Å². The summed E-state index contributed by atoms with van der Waals surface area (Å²) in [5, 5.41) is 0. The molecule has 1 aromatic heterocycles. The minimum atomic E-state index is 0. The van der Waals surface area contributed by atoms with E-state index < -0.39 is 0 Å². The normalized spacial score (nSPS) is 17.1. The van der Waals surface area contributed by atoms with Gasteiger partial charge in [0, 0.05) is 17.1 Å². The number of nitrogens with zero attached hydrogens (tertiary/aromatic N) is 1. The highest BCUT2D eigenvalue weighted by Crippen LogP contribution is 2.22. The predicted molar refractivity (Wildman–Crippen MR) is 80.5 cm³/mol. The number of allylic oxidation sites excluding steroid dienone is 2. The van der Waals surface area contributed by atoms with Crippen molar-refractivity contribution in [1.29, 1.82) is 0 Å². The van der Waals surface area contributed by atoms with E-state index in [-0.39, 0.29) is 24.0 Å². The van der Waals surface area contributed by atoms with E-state index in [2.05, 4.69) is 49.0 Å². The third-order valence-electron chi connectivity index (χ3n) is 2.60. The van der Waals surface area contributed by atoms with Gasteiger partial charge < -0.3 is 4.98 Å². The Labute approximate surface area is 114 Å². The van der Waals surface area contributed by atoms with Gasteiger partial charge >= 0.3 is 0 Å². The lowest BCUT2D eigenvalue weighted by atomic mass is 10.1. The van der Waals surface area contributed by atoms with Crippen LogP contribution in [0.5, 0.6) is 0 Å². The van der Waals surface area contributed by atoms with Crippen LogP contribution >= 0.6 is 24.0 Å². The molecule has 1 aromatic rings. The Morgan fingerprint density at radius 2 is 1.88 bits per heavy atom. The number of hydrogen-bond donors (Lipinski definition) is 1. The fourth-order valence-corrected chi connectivity index (χ4v) is 1.88. The van der Waals surface area contributed by atoms with Crippen LogP contribution in [0.4, 0.5) is 0 Å². The highest BCUT2D eigenvalue weighted by molar-refractivity contribution is 14.0. The molecule has 0 aliphatic carbocycles. The minimum absolute atomic E-state index is 0. The Balaban J connectivity index is 0.00000128. The minimum Gasteiger partial charge on any atom is -0.359 e. The molecule has 1 aliphatic rings. The molecule has 0 amide bonds. The molecule has 0 aromatic carbocycles. The number of halogens is 1. The molecular weight excluding hydrogens is 311 g/mol. The zero-order valence-electron chi connectivity index (χ0n) is 10.1. The second-order valence-electron chi connectivity index (χ2n) is 4.16. The van der Waals surface area contributed by atoms with Gasteiger partial charge in [-0.3, -0.25) is 4.99 Å². The van der Waals surface area contributed by atoms with Crippen molar-refractivity contribution in [3.63, 3.8) is 0 Å². The van der Waals surface area contributed by atoms with Crippen molar-refractivity contribution in [2.45, 2.75) is 27.7 Å². The Bertz CT molecular complexity index is 490. The predicted octanol–water partition coefficient (Wildman–Crippen LogP) is 4.01. The fourth-order valence-electron chi connectivity index (χ4n) is 1.88. The van der Waals surface area contributed by atoms with Crippen LogP contribution in [0, 0.1) is 13.8 Å². The molecule has 1 N–H and O–H groups in total. The summed E-state index contributed by atoms with van der Waals surface area (Å²) in [6.07, 6.45) is 4.22. The van der Waals surface area contributed by atoms with E-state index >= 15 is 0 Å². The topological polar surface area (TPSA) is 28.1 Å². The van der Waals surface area contributed by atoms with Crippen LogP contribution in [0.2, 0.25) is 0 Å². The van der Waals surface area contributed by atoms with Crippen LogP contribution in [-0.2, 0) is 0 Å². The highest BCUT2D eigenvalue weighted by atomic mass is 127. The quantitative estimate of drug-likeness (QED) is 0.755. The zero-order chi connectivity index (χ0) is 11.0. The molecule has 0 radical (unpaired) electrons. The van der Waals surface area contributed by atoms with Gasteiger partial charge in [0.15, 0.2) is 0 Å². The van der Waals surface area contributed by atoms with Crippen LogP contribution in [0.15, 0.2) is 28.4 Å². The van der Waals surface area contributed by atoms with Crippen molar-refractivity contribution in [2.75, 3.05) is 0 Å². The van der Waals surface area contributed by atoms with Gasteiger partial charge in [0.25, 0.3) is 0 Å². The molecule has 2 nitrogen and oxygen atoms in total. The van der Waals surface area contributed by atoms with Gasteiger partial charge in [0.2, 0.25) is 0 Å². The Morgan fingerprint density at radius 3 is 2.31 bits per heavy atom. The van der Waals surface area contributed by atoms with E-state index in [0.717, 1.165) is 17.1 Å². The van der Waals surface area contributed by atoms with E-state index in [1.807, 2.05) is 6.92 Å². The second-order valence-corrected chi connectivity index (χ2v) is 4.16. The maximum Gasteiger partial charge on any atom is 0.0683 e. The third kappa shape index (κ3) is 2.64. The average Bonchev–Trinajstić information content (AvgIpc) is 2.58. The molecule has 0 saturated heterocycles. The summed E-state index contributed by atoms with van der Waals surface area (Å²) >= 11 is 0. The molecule has 1 aliphatic heterocycles. The molecule has 0 saturated carbocycles. The van der Waals surface area contributed by atoms with Crippen LogP contribution in [0.25, 0.3) is 6.08 Å². The van der Waals surface area contributed by atoms with Crippen molar-refractivity contribution in [3.8, 4) is 0 Å². The number of rotatable bonds is 1. The van der Waals surface area contributed by atoms with Gasteiger partial charge in [-0.25, -0.2) is 0 Å². The average molecular weight is 328 g/mol. The summed E-state index contributed by atoms with van der Waals surface area (Å²) in [5.74, 6) is 0. The standard InChI is InChI=1S/C13H16N2.HI/c1-8-5-10(3)14-12(8)7-13-9(2)6-11(4)15-13;/h5-7,14H,1-4H3;1H/b13-7-;. The first-order chi connectivity index (χ1) is 7.06. The third-order valence-corrected chi connectivity index (χ3v) is 2.60. The lowest BCUT2D eigenvalue weighted by Gasteiger charge is -1.96. The number of aliphatic imine (C=N–C) groups is 1. The van der Waals surface area contributed by atoms with Crippen molar-refractivity contribution in [3.05, 3.63) is 40.4 Å². The van der Waals surface area contributed by atoms with Crippen LogP contribution in [0.1, 0.15) is 30.8 Å². The molecule has 2 rings (SSSR count). The Morgan fingerprint density at radius 1 is 1.19 bits per heavy atom. The van der Waals surface area contributed by atoms with Crippen molar-refractivity contribution in [2.24, 2.45) is 4.99 Å². The summed E-state index contributed by atoms with van der Waals surface area (Å²) in [6, 6.07) is 2.15. The smallest absolute Gasteiger partial charge is 0.0683 e. The monoisotopic (exact) mass is 328 g/mol. The Hall–Kier alpha value is -0.840. The maximum atomic E-state index is 4.48. The molecule has 0 unspecified atom stereocenters. The molecule has 0 atom stereocenters. The van der Waals surface area contributed by atoms with E-state index in [9.17, 15) is 0 Å². The largest absolute Gasteiger partial charge is 0.359 e. The van der Waals surface area contributed by atoms with Crippen LogP contribution < -0.4 is 0 Å². The van der Waals surface area contributed by atoms with Gasteiger partial charge in [-0.05, 0) is 57.0 Å². The van der Waals surface area contributed by atoms with Crippen molar-refractivity contribution >= 4 is 35.8 Å². The summed E-state index contributed by atoms with van der Waals surface area (Å²) in [5.41, 5.74) is 7.01. The first-order valence-corrected chi connectivity index (χ1v) is 5.18. The van der Waals surface area contributed by atoms with E-state index in [0.29, 0.717) is 0 Å². The van der Waals surface area contributed by atoms with Gasteiger partial charge in [-0.15, -0.1) is 24.0 Å². The van der Waals surface area contributed by atoms with E-state index in [1.54, 1.807) is 0 Å². The van der Waals surface area contributed by atoms with Crippen LogP contribution in [-0.4, -0.2) is 10.7 Å². The number of aromatic amines is 1. The molecule has 3 heteroatoms. The molecule has 0 spiro atoms. The number of aryl methyl sites for hydroxylation is 2. The van der Waals surface area contributed by atoms with Gasteiger partial charge in [-0.1, -0.05) is 0 Å². The zero-order valence-corrected chi connectivity index (χ0v) is 12.4. The molecule has 16 heavy (non-hydrogen) atoms. The van der Waals surface area contributed by atoms with Crippen molar-refractivity contribution < 1.29 is 0 Å². The summed E-state index contributed by atoms with van der Waals surface area (Å²) in [7, 11) is 0. The maximum absolute atomic E-state index is 4.48. The molecule has 2 heterocycles. The Kier molecular flexibility index (Phi) is 4.13. The fraction of sp³-hybridized carbons (Fsp3) is 0.308. The van der Waals surface area contributed by atoms with Gasteiger partial charge in [0.05, 0.1) is 5.70 Å². The van der Waals surface area contributed by atoms with Crippen LogP contribution in [0.3, 0.4) is 0 Å². The summed E-state index contributed by atoms with van der Waals surface area (Å²) in [4.78, 5) is 7.81. The summed E-state index contributed by atoms with van der Waals surface area (Å²) in [6.45, 7) is 8.30. The second kappa shape index (κ2) is 4.99.